The van der Waals surface area contributed by atoms with Crippen molar-refractivity contribution in [2.75, 3.05) is 11.9 Å². The first kappa shape index (κ1) is 9.54. The molecule has 4 nitrogen and oxygen atoms in total. The van der Waals surface area contributed by atoms with E-state index in [1.54, 1.807) is 24.3 Å². The third-order valence-electron chi connectivity index (χ3n) is 1.58. The first-order chi connectivity index (χ1) is 6.22. The summed E-state index contributed by atoms with van der Waals surface area (Å²) >= 11 is 0. The van der Waals surface area contributed by atoms with Crippen molar-refractivity contribution in [3.8, 4) is 0 Å². The molecule has 1 aromatic rings. The topological polar surface area (TPSA) is 69.6 Å². The summed E-state index contributed by atoms with van der Waals surface area (Å²) < 4.78 is 0. The number of aliphatic hydroxyl groups is 1. The molecule has 0 saturated heterocycles. The summed E-state index contributed by atoms with van der Waals surface area (Å²) in [6.45, 7) is -0.0995. The molecule has 0 heterocycles. The maximum atomic E-state index is 10.2. The lowest BCUT2D eigenvalue weighted by Crippen LogP contribution is -2.12. The fourth-order valence-corrected chi connectivity index (χ4v) is 0.906. The highest BCUT2D eigenvalue weighted by atomic mass is 16.4. The molecule has 0 spiro atoms. The summed E-state index contributed by atoms with van der Waals surface area (Å²) in [7, 11) is 0. The Morgan fingerprint density at radius 1 is 1.31 bits per heavy atom. The van der Waals surface area contributed by atoms with Gasteiger partial charge in [-0.15, -0.1) is 0 Å². The zero-order valence-corrected chi connectivity index (χ0v) is 7.03. The Hall–Kier alpha value is -1.55. The van der Waals surface area contributed by atoms with E-state index in [2.05, 4.69) is 5.32 Å². The number of hydrogen-bond acceptors (Lipinski definition) is 3. The van der Waals surface area contributed by atoms with Gasteiger partial charge in [-0.3, -0.25) is 4.79 Å². The van der Waals surface area contributed by atoms with Gasteiger partial charge in [0.2, 0.25) is 0 Å². The van der Waals surface area contributed by atoms with Crippen LogP contribution in [0.1, 0.15) is 5.56 Å². The smallest absolute Gasteiger partial charge is 0.322 e. The molecule has 0 saturated carbocycles. The Morgan fingerprint density at radius 2 is 1.92 bits per heavy atom. The summed E-state index contributed by atoms with van der Waals surface area (Å²) in [5.74, 6) is -0.897. The van der Waals surface area contributed by atoms with E-state index in [-0.39, 0.29) is 13.2 Å². The quantitative estimate of drug-likeness (QED) is 0.638. The van der Waals surface area contributed by atoms with Crippen LogP contribution in [0.15, 0.2) is 24.3 Å². The Labute approximate surface area is 75.8 Å². The van der Waals surface area contributed by atoms with Crippen LogP contribution in [0, 0.1) is 0 Å². The number of carboxylic acids is 1. The number of nitrogens with one attached hydrogen (secondary N) is 1. The lowest BCUT2D eigenvalue weighted by atomic mass is 10.2. The van der Waals surface area contributed by atoms with E-state index in [1.807, 2.05) is 0 Å². The fraction of sp³-hybridized carbons (Fsp3) is 0.222. The molecule has 0 aromatic heterocycles. The standard InChI is InChI=1S/C9H11NO3/c11-6-7-1-3-8(4-2-7)10-5-9(12)13/h1-4,10-11H,5-6H2,(H,12,13). The van der Waals surface area contributed by atoms with Crippen LogP contribution in [0.2, 0.25) is 0 Å². The minimum atomic E-state index is -0.897. The SMILES string of the molecule is O=C(O)CNc1ccc(CO)cc1. The van der Waals surface area contributed by atoms with Crippen molar-refractivity contribution in [3.05, 3.63) is 29.8 Å². The molecule has 4 heteroatoms. The van der Waals surface area contributed by atoms with Gasteiger partial charge in [-0.05, 0) is 17.7 Å². The van der Waals surface area contributed by atoms with Crippen LogP contribution < -0.4 is 5.32 Å². The van der Waals surface area contributed by atoms with Gasteiger partial charge in [-0.1, -0.05) is 12.1 Å². The normalized spacial score (nSPS) is 9.62. The third-order valence-corrected chi connectivity index (χ3v) is 1.58. The molecule has 0 aliphatic rings. The molecular weight excluding hydrogens is 170 g/mol. The van der Waals surface area contributed by atoms with Gasteiger partial charge in [0.15, 0.2) is 0 Å². The van der Waals surface area contributed by atoms with Crippen LogP contribution in [0.25, 0.3) is 0 Å². The average molecular weight is 181 g/mol. The first-order valence-electron chi connectivity index (χ1n) is 3.88. The number of rotatable bonds is 4. The van der Waals surface area contributed by atoms with Crippen LogP contribution in [0.4, 0.5) is 5.69 Å². The molecule has 0 amide bonds. The number of anilines is 1. The lowest BCUT2D eigenvalue weighted by molar-refractivity contribution is -0.134. The van der Waals surface area contributed by atoms with Crippen molar-refractivity contribution < 1.29 is 15.0 Å². The average Bonchev–Trinajstić information content (AvgIpc) is 2.15. The van der Waals surface area contributed by atoms with Gasteiger partial charge >= 0.3 is 5.97 Å². The largest absolute Gasteiger partial charge is 0.480 e. The van der Waals surface area contributed by atoms with E-state index in [1.165, 1.54) is 0 Å². The minimum Gasteiger partial charge on any atom is -0.480 e. The zero-order valence-electron chi connectivity index (χ0n) is 7.03. The second-order valence-corrected chi connectivity index (χ2v) is 2.60. The Morgan fingerprint density at radius 3 is 2.38 bits per heavy atom. The van der Waals surface area contributed by atoms with Gasteiger partial charge in [0, 0.05) is 5.69 Å². The maximum absolute atomic E-state index is 10.2. The predicted octanol–water partition coefficient (Wildman–Crippen LogP) is 0.675. The van der Waals surface area contributed by atoms with Gasteiger partial charge in [-0.25, -0.2) is 0 Å². The molecule has 0 radical (unpaired) electrons. The molecule has 0 unspecified atom stereocenters. The number of benzene rings is 1. The van der Waals surface area contributed by atoms with E-state index in [4.69, 9.17) is 10.2 Å². The van der Waals surface area contributed by atoms with Crippen molar-refractivity contribution in [2.45, 2.75) is 6.61 Å². The van der Waals surface area contributed by atoms with Crippen molar-refractivity contribution in [1.29, 1.82) is 0 Å². The Balaban J connectivity index is 2.54. The monoisotopic (exact) mass is 181 g/mol. The fourth-order valence-electron chi connectivity index (χ4n) is 0.906. The number of carbonyl (C=O) groups is 1. The lowest BCUT2D eigenvalue weighted by Gasteiger charge is -2.03. The number of aliphatic carboxylic acids is 1. The van der Waals surface area contributed by atoms with Gasteiger partial charge in [0.05, 0.1) is 6.61 Å². The first-order valence-corrected chi connectivity index (χ1v) is 3.88. The highest BCUT2D eigenvalue weighted by Gasteiger charge is 1.96. The summed E-state index contributed by atoms with van der Waals surface area (Å²) in [4.78, 5) is 10.2. The molecule has 70 valence electrons. The molecule has 0 aliphatic heterocycles. The molecule has 3 N–H and O–H groups in total. The van der Waals surface area contributed by atoms with E-state index in [9.17, 15) is 4.79 Å². The highest BCUT2D eigenvalue weighted by Crippen LogP contribution is 2.08. The molecule has 0 bridgehead atoms. The van der Waals surface area contributed by atoms with E-state index in [0.717, 1.165) is 11.3 Å². The van der Waals surface area contributed by atoms with E-state index >= 15 is 0 Å². The van der Waals surface area contributed by atoms with Gasteiger partial charge in [0.1, 0.15) is 6.54 Å². The summed E-state index contributed by atoms with van der Waals surface area (Å²) in [6.07, 6.45) is 0. The van der Waals surface area contributed by atoms with Crippen molar-refractivity contribution in [1.82, 2.24) is 0 Å². The van der Waals surface area contributed by atoms with Crippen molar-refractivity contribution >= 4 is 11.7 Å². The van der Waals surface area contributed by atoms with Crippen LogP contribution >= 0.6 is 0 Å². The van der Waals surface area contributed by atoms with Crippen LogP contribution in [-0.2, 0) is 11.4 Å². The molecule has 1 rings (SSSR count). The number of carboxylic acid groups (broad SMARTS) is 1. The maximum Gasteiger partial charge on any atom is 0.322 e. The molecular formula is C9H11NO3. The van der Waals surface area contributed by atoms with E-state index in [0.29, 0.717) is 0 Å². The molecule has 1 aromatic carbocycles. The minimum absolute atomic E-state index is 0.000783. The van der Waals surface area contributed by atoms with Crippen LogP contribution in [-0.4, -0.2) is 22.7 Å². The second kappa shape index (κ2) is 4.47. The van der Waals surface area contributed by atoms with Crippen molar-refractivity contribution in [3.63, 3.8) is 0 Å². The molecule has 0 aliphatic carbocycles. The van der Waals surface area contributed by atoms with Gasteiger partial charge in [0.25, 0.3) is 0 Å². The molecule has 13 heavy (non-hydrogen) atoms. The number of hydrogen-bond donors (Lipinski definition) is 3. The molecule has 0 atom stereocenters. The third kappa shape index (κ3) is 3.13. The van der Waals surface area contributed by atoms with Gasteiger partial charge in [-0.2, -0.15) is 0 Å². The van der Waals surface area contributed by atoms with Crippen LogP contribution in [0.3, 0.4) is 0 Å². The summed E-state index contributed by atoms with van der Waals surface area (Å²) in [5, 5.41) is 19.8. The van der Waals surface area contributed by atoms with E-state index < -0.39 is 5.97 Å². The predicted molar refractivity (Wildman–Crippen MR) is 48.5 cm³/mol. The Bertz CT molecular complexity index is 281. The summed E-state index contributed by atoms with van der Waals surface area (Å²) in [6, 6.07) is 6.94. The van der Waals surface area contributed by atoms with Crippen LogP contribution in [0.5, 0.6) is 0 Å². The Kier molecular flexibility index (Phi) is 3.28. The second-order valence-electron chi connectivity index (χ2n) is 2.60. The number of aliphatic hydroxyl groups excluding tert-OH is 1. The van der Waals surface area contributed by atoms with Crippen molar-refractivity contribution in [2.24, 2.45) is 0 Å². The summed E-state index contributed by atoms with van der Waals surface area (Å²) in [5.41, 5.74) is 1.54. The highest BCUT2D eigenvalue weighted by molar-refractivity contribution is 5.72. The molecule has 0 fully saturated rings. The van der Waals surface area contributed by atoms with Gasteiger partial charge < -0.3 is 15.5 Å². The zero-order chi connectivity index (χ0) is 9.68.